The maximum atomic E-state index is 12.6. The molecule has 0 heterocycles. The third kappa shape index (κ3) is 3.46. The van der Waals surface area contributed by atoms with Crippen molar-refractivity contribution in [3.8, 4) is 0 Å². The molecule has 19 heavy (non-hydrogen) atoms. The molecule has 104 valence electrons. The molecule has 1 aromatic carbocycles. The second-order valence-electron chi connectivity index (χ2n) is 6.93. The molecule has 1 saturated carbocycles. The summed E-state index contributed by atoms with van der Waals surface area (Å²) in [6.45, 7) is 8.73. The van der Waals surface area contributed by atoms with Gasteiger partial charge in [0.05, 0.1) is 0 Å². The highest BCUT2D eigenvalue weighted by Crippen LogP contribution is 2.41. The van der Waals surface area contributed by atoms with E-state index in [-0.39, 0.29) is 11.3 Å². The van der Waals surface area contributed by atoms with E-state index in [9.17, 15) is 4.79 Å². The van der Waals surface area contributed by atoms with Crippen molar-refractivity contribution < 1.29 is 4.79 Å². The summed E-state index contributed by atoms with van der Waals surface area (Å²) in [4.78, 5) is 12.6. The van der Waals surface area contributed by atoms with Crippen LogP contribution in [0.2, 0.25) is 0 Å². The van der Waals surface area contributed by atoms with Gasteiger partial charge in [-0.05, 0) is 37.7 Å². The summed E-state index contributed by atoms with van der Waals surface area (Å²) in [6.07, 6.45) is 5.37. The first-order chi connectivity index (χ1) is 8.88. The minimum Gasteiger partial charge on any atom is -0.299 e. The average molecular weight is 258 g/mol. The number of rotatable bonds is 3. The summed E-state index contributed by atoms with van der Waals surface area (Å²) in [7, 11) is 0. The van der Waals surface area contributed by atoms with Gasteiger partial charge >= 0.3 is 0 Å². The van der Waals surface area contributed by atoms with E-state index in [1.807, 2.05) is 0 Å². The lowest BCUT2D eigenvalue weighted by molar-refractivity contribution is -0.127. The normalized spacial score (nSPS) is 22.2. The van der Waals surface area contributed by atoms with E-state index in [0.29, 0.717) is 12.2 Å². The number of hydrogen-bond donors (Lipinski definition) is 0. The molecule has 0 aliphatic heterocycles. The van der Waals surface area contributed by atoms with Crippen LogP contribution >= 0.6 is 0 Å². The van der Waals surface area contributed by atoms with Crippen LogP contribution in [-0.2, 0) is 11.2 Å². The van der Waals surface area contributed by atoms with E-state index in [0.717, 1.165) is 6.42 Å². The monoisotopic (exact) mass is 258 g/mol. The highest BCUT2D eigenvalue weighted by atomic mass is 16.1. The predicted octanol–water partition coefficient (Wildman–Crippen LogP) is 4.63. The summed E-state index contributed by atoms with van der Waals surface area (Å²) in [5, 5.41) is 0. The van der Waals surface area contributed by atoms with Crippen molar-refractivity contribution in [3.63, 3.8) is 0 Å². The van der Waals surface area contributed by atoms with Crippen LogP contribution < -0.4 is 0 Å². The van der Waals surface area contributed by atoms with Gasteiger partial charge in [0.25, 0.3) is 0 Å². The molecule has 0 saturated heterocycles. The number of hydrogen-bond acceptors (Lipinski definition) is 1. The molecule has 1 nitrogen and oxygen atoms in total. The van der Waals surface area contributed by atoms with Crippen LogP contribution in [0, 0.1) is 25.2 Å². The largest absolute Gasteiger partial charge is 0.299 e. The Balaban J connectivity index is 2.12. The van der Waals surface area contributed by atoms with Crippen LogP contribution in [0.25, 0.3) is 0 Å². The van der Waals surface area contributed by atoms with E-state index in [2.05, 4.69) is 45.9 Å². The second kappa shape index (κ2) is 5.48. The van der Waals surface area contributed by atoms with Crippen LogP contribution in [-0.4, -0.2) is 5.78 Å². The highest BCUT2D eigenvalue weighted by Gasteiger charge is 2.36. The summed E-state index contributed by atoms with van der Waals surface area (Å²) in [5.41, 5.74) is 3.88. The van der Waals surface area contributed by atoms with Crippen molar-refractivity contribution in [2.24, 2.45) is 11.3 Å². The number of carbonyl (C=O) groups excluding carboxylic acids is 1. The zero-order valence-corrected chi connectivity index (χ0v) is 12.8. The molecule has 1 heteroatoms. The lowest BCUT2D eigenvalue weighted by atomic mass is 9.66. The Labute approximate surface area is 117 Å². The van der Waals surface area contributed by atoms with Crippen molar-refractivity contribution in [3.05, 3.63) is 34.9 Å². The van der Waals surface area contributed by atoms with Crippen molar-refractivity contribution in [1.82, 2.24) is 0 Å². The van der Waals surface area contributed by atoms with Gasteiger partial charge in [-0.2, -0.15) is 0 Å². The Morgan fingerprint density at radius 3 is 2.37 bits per heavy atom. The van der Waals surface area contributed by atoms with Crippen LogP contribution in [0.5, 0.6) is 0 Å². The number of carbonyl (C=O) groups is 1. The van der Waals surface area contributed by atoms with Crippen molar-refractivity contribution in [2.75, 3.05) is 0 Å². The highest BCUT2D eigenvalue weighted by molar-refractivity contribution is 5.84. The Morgan fingerprint density at radius 2 is 1.79 bits per heavy atom. The molecule has 1 fully saturated rings. The Hall–Kier alpha value is -1.11. The smallest absolute Gasteiger partial charge is 0.140 e. The molecule has 0 N–H and O–H groups in total. The second-order valence-corrected chi connectivity index (χ2v) is 6.93. The molecule has 0 amide bonds. The Bertz CT molecular complexity index is 450. The third-order valence-corrected chi connectivity index (χ3v) is 4.56. The van der Waals surface area contributed by atoms with Gasteiger partial charge in [0.2, 0.25) is 0 Å². The summed E-state index contributed by atoms with van der Waals surface area (Å²) >= 11 is 0. The van der Waals surface area contributed by atoms with Gasteiger partial charge in [0.15, 0.2) is 0 Å². The quantitative estimate of drug-likeness (QED) is 0.772. The summed E-state index contributed by atoms with van der Waals surface area (Å²) in [5.74, 6) is 0.691. The number of Topliss-reactive ketones (excluding diaryl/α,β-unsaturated/α-hetero) is 1. The lowest BCUT2D eigenvalue weighted by Crippen LogP contribution is -2.34. The molecular weight excluding hydrogens is 232 g/mol. The standard InChI is InChI=1S/C18H26O/c1-13-9-14(2)11-15(10-13)12-17(19)16-7-5-6-8-18(16,3)4/h9-11,16H,5-8,12H2,1-4H3. The molecule has 1 aliphatic carbocycles. The van der Waals surface area contributed by atoms with E-state index in [4.69, 9.17) is 0 Å². The topological polar surface area (TPSA) is 17.1 Å². The first-order valence-corrected chi connectivity index (χ1v) is 7.48. The van der Waals surface area contributed by atoms with Gasteiger partial charge in [0.1, 0.15) is 5.78 Å². The molecule has 1 unspecified atom stereocenters. The molecule has 0 aromatic heterocycles. The van der Waals surface area contributed by atoms with Gasteiger partial charge < -0.3 is 0 Å². The first-order valence-electron chi connectivity index (χ1n) is 7.48. The number of ketones is 1. The van der Waals surface area contributed by atoms with Crippen molar-refractivity contribution in [2.45, 2.75) is 59.8 Å². The van der Waals surface area contributed by atoms with Crippen LogP contribution in [0.3, 0.4) is 0 Å². The number of aryl methyl sites for hydroxylation is 2. The molecule has 0 spiro atoms. The van der Waals surface area contributed by atoms with Crippen molar-refractivity contribution in [1.29, 1.82) is 0 Å². The van der Waals surface area contributed by atoms with Crippen LogP contribution in [0.1, 0.15) is 56.2 Å². The molecule has 1 aliphatic rings. The summed E-state index contributed by atoms with van der Waals surface area (Å²) in [6, 6.07) is 6.47. The molecule has 0 radical (unpaired) electrons. The fraction of sp³-hybridized carbons (Fsp3) is 0.611. The molecule has 1 aromatic rings. The van der Waals surface area contributed by atoms with Gasteiger partial charge in [-0.1, -0.05) is 56.0 Å². The predicted molar refractivity (Wildman–Crippen MR) is 80.4 cm³/mol. The van der Waals surface area contributed by atoms with Crippen LogP contribution in [0.4, 0.5) is 0 Å². The van der Waals surface area contributed by atoms with Gasteiger partial charge in [-0.3, -0.25) is 4.79 Å². The Kier molecular flexibility index (Phi) is 4.13. The van der Waals surface area contributed by atoms with E-state index < -0.39 is 0 Å². The molecule has 1 atom stereocenters. The lowest BCUT2D eigenvalue weighted by Gasteiger charge is -2.37. The molecule has 2 rings (SSSR count). The van der Waals surface area contributed by atoms with Crippen LogP contribution in [0.15, 0.2) is 18.2 Å². The minimum atomic E-state index is 0.189. The minimum absolute atomic E-state index is 0.189. The fourth-order valence-electron chi connectivity index (χ4n) is 3.59. The molecular formula is C18H26O. The fourth-order valence-corrected chi connectivity index (χ4v) is 3.59. The average Bonchev–Trinajstić information content (AvgIpc) is 2.26. The van der Waals surface area contributed by atoms with Gasteiger partial charge in [0, 0.05) is 12.3 Å². The van der Waals surface area contributed by atoms with Gasteiger partial charge in [-0.25, -0.2) is 0 Å². The number of benzene rings is 1. The zero-order valence-electron chi connectivity index (χ0n) is 12.8. The maximum absolute atomic E-state index is 12.6. The molecule has 0 bridgehead atoms. The summed E-state index contributed by atoms with van der Waals surface area (Å²) < 4.78 is 0. The van der Waals surface area contributed by atoms with E-state index in [1.165, 1.54) is 36.0 Å². The first kappa shape index (κ1) is 14.3. The van der Waals surface area contributed by atoms with E-state index >= 15 is 0 Å². The maximum Gasteiger partial charge on any atom is 0.140 e. The van der Waals surface area contributed by atoms with Gasteiger partial charge in [-0.15, -0.1) is 0 Å². The van der Waals surface area contributed by atoms with E-state index in [1.54, 1.807) is 0 Å². The third-order valence-electron chi connectivity index (χ3n) is 4.56. The SMILES string of the molecule is Cc1cc(C)cc(CC(=O)C2CCCCC2(C)C)c1. The Morgan fingerprint density at radius 1 is 1.16 bits per heavy atom. The zero-order chi connectivity index (χ0) is 14.0. The van der Waals surface area contributed by atoms with Crippen molar-refractivity contribution >= 4 is 5.78 Å².